The van der Waals surface area contributed by atoms with Crippen LogP contribution in [0.1, 0.15) is 13.3 Å². The molecule has 1 aliphatic heterocycles. The molecule has 1 aliphatic rings. The maximum Gasteiger partial charge on any atom is 0.333 e. The van der Waals surface area contributed by atoms with E-state index in [-0.39, 0.29) is 23.6 Å². The number of nitro benzene ring substituents is 1. The summed E-state index contributed by atoms with van der Waals surface area (Å²) in [5, 5.41) is 14.3. The summed E-state index contributed by atoms with van der Waals surface area (Å²) >= 11 is 0. The lowest BCUT2D eigenvalue weighted by molar-refractivity contribution is -0.384. The van der Waals surface area contributed by atoms with E-state index >= 15 is 0 Å². The number of nitrogens with one attached hydrogen (secondary N) is 1. The zero-order valence-corrected chi connectivity index (χ0v) is 10.4. The van der Waals surface area contributed by atoms with Crippen LogP contribution < -0.4 is 10.1 Å². The zero-order chi connectivity index (χ0) is 13.1. The number of nitrogens with zero attached hydrogens (tertiary/aromatic N) is 1. The van der Waals surface area contributed by atoms with E-state index in [2.05, 4.69) is 5.32 Å². The maximum absolute atomic E-state index is 11.1. The van der Waals surface area contributed by atoms with Crippen molar-refractivity contribution in [2.45, 2.75) is 25.5 Å². The number of anilines is 1. The Morgan fingerprint density at radius 2 is 2.33 bits per heavy atom. The molecule has 1 aromatic rings. The van der Waals surface area contributed by atoms with Crippen molar-refractivity contribution in [3.05, 3.63) is 28.3 Å². The first-order chi connectivity index (χ1) is 8.63. The number of ether oxygens (including phenoxy) is 2. The Hall–Kier alpha value is -1.82. The highest BCUT2D eigenvalue weighted by Gasteiger charge is 2.28. The lowest BCUT2D eigenvalue weighted by atomic mass is 10.1. The van der Waals surface area contributed by atoms with E-state index in [0.29, 0.717) is 12.3 Å². The quantitative estimate of drug-likeness (QED) is 0.656. The summed E-state index contributed by atoms with van der Waals surface area (Å²) in [7, 11) is 1.42. The molecule has 1 heterocycles. The molecule has 2 atom stereocenters. The number of hydrogen-bond donors (Lipinski definition) is 1. The third kappa shape index (κ3) is 2.38. The molecule has 0 saturated carbocycles. The molecular weight excluding hydrogens is 236 g/mol. The SMILES string of the molecule is COc1cccc(NC2CCOC2C)c1[N+](=O)[O-]. The Bertz CT molecular complexity index is 450. The van der Waals surface area contributed by atoms with E-state index in [1.54, 1.807) is 18.2 Å². The van der Waals surface area contributed by atoms with Crippen molar-refractivity contribution in [1.29, 1.82) is 0 Å². The second-order valence-electron chi connectivity index (χ2n) is 4.23. The molecular formula is C12H16N2O4. The van der Waals surface area contributed by atoms with E-state index < -0.39 is 4.92 Å². The molecule has 1 saturated heterocycles. The van der Waals surface area contributed by atoms with Crippen LogP contribution >= 0.6 is 0 Å². The molecule has 0 aliphatic carbocycles. The molecule has 0 bridgehead atoms. The molecule has 18 heavy (non-hydrogen) atoms. The van der Waals surface area contributed by atoms with Gasteiger partial charge in [0.25, 0.3) is 0 Å². The van der Waals surface area contributed by atoms with Crippen LogP contribution in [0.25, 0.3) is 0 Å². The van der Waals surface area contributed by atoms with Gasteiger partial charge >= 0.3 is 5.69 Å². The lowest BCUT2D eigenvalue weighted by Crippen LogP contribution is -2.27. The van der Waals surface area contributed by atoms with Crippen LogP contribution in [0.3, 0.4) is 0 Å². The summed E-state index contributed by atoms with van der Waals surface area (Å²) in [6.07, 6.45) is 0.894. The van der Waals surface area contributed by atoms with Crippen LogP contribution in [0.5, 0.6) is 5.75 Å². The van der Waals surface area contributed by atoms with Gasteiger partial charge in [0.15, 0.2) is 5.75 Å². The average Bonchev–Trinajstić information content (AvgIpc) is 2.74. The van der Waals surface area contributed by atoms with Crippen molar-refractivity contribution < 1.29 is 14.4 Å². The molecule has 1 N–H and O–H groups in total. The maximum atomic E-state index is 11.1. The monoisotopic (exact) mass is 252 g/mol. The molecule has 6 nitrogen and oxygen atoms in total. The van der Waals surface area contributed by atoms with E-state index in [1.807, 2.05) is 6.92 Å². The van der Waals surface area contributed by atoms with Gasteiger partial charge in [-0.05, 0) is 25.5 Å². The molecule has 2 unspecified atom stereocenters. The number of para-hydroxylation sites is 1. The van der Waals surface area contributed by atoms with Crippen molar-refractivity contribution in [3.8, 4) is 5.75 Å². The smallest absolute Gasteiger partial charge is 0.333 e. The van der Waals surface area contributed by atoms with Crippen molar-refractivity contribution in [2.24, 2.45) is 0 Å². The van der Waals surface area contributed by atoms with Crippen LogP contribution in [0.4, 0.5) is 11.4 Å². The fourth-order valence-electron chi connectivity index (χ4n) is 2.11. The van der Waals surface area contributed by atoms with Gasteiger partial charge in [0, 0.05) is 6.61 Å². The standard InChI is InChI=1S/C12H16N2O4/c1-8-9(6-7-18-8)13-10-4-3-5-11(17-2)12(10)14(15)16/h3-5,8-9,13H,6-7H2,1-2H3. The molecule has 0 aromatic heterocycles. The molecule has 98 valence electrons. The van der Waals surface area contributed by atoms with Gasteiger partial charge in [0.1, 0.15) is 5.69 Å². The lowest BCUT2D eigenvalue weighted by Gasteiger charge is -2.17. The largest absolute Gasteiger partial charge is 0.490 e. The van der Waals surface area contributed by atoms with Gasteiger partial charge in [-0.2, -0.15) is 0 Å². The Labute approximate surface area is 105 Å². The van der Waals surface area contributed by atoms with Gasteiger partial charge in [-0.3, -0.25) is 10.1 Å². The minimum Gasteiger partial charge on any atom is -0.490 e. The van der Waals surface area contributed by atoms with E-state index in [0.717, 1.165) is 6.42 Å². The average molecular weight is 252 g/mol. The van der Waals surface area contributed by atoms with Crippen molar-refractivity contribution in [2.75, 3.05) is 19.0 Å². The first-order valence-electron chi connectivity index (χ1n) is 5.83. The highest BCUT2D eigenvalue weighted by atomic mass is 16.6. The number of benzene rings is 1. The van der Waals surface area contributed by atoms with Crippen LogP contribution in [0.15, 0.2) is 18.2 Å². The number of rotatable bonds is 4. The molecule has 0 spiro atoms. The highest BCUT2D eigenvalue weighted by Crippen LogP contribution is 2.35. The molecule has 0 amide bonds. The second kappa shape index (κ2) is 5.22. The number of methoxy groups -OCH3 is 1. The third-order valence-corrected chi connectivity index (χ3v) is 3.12. The fourth-order valence-corrected chi connectivity index (χ4v) is 2.11. The normalized spacial score (nSPS) is 22.8. The summed E-state index contributed by atoms with van der Waals surface area (Å²) in [5.74, 6) is 0.261. The second-order valence-corrected chi connectivity index (χ2v) is 4.23. The van der Waals surface area contributed by atoms with Gasteiger partial charge in [-0.15, -0.1) is 0 Å². The van der Waals surface area contributed by atoms with Crippen molar-refractivity contribution in [1.82, 2.24) is 0 Å². The first-order valence-corrected chi connectivity index (χ1v) is 5.83. The molecule has 2 rings (SSSR count). The fraction of sp³-hybridized carbons (Fsp3) is 0.500. The summed E-state index contributed by atoms with van der Waals surface area (Å²) in [4.78, 5) is 10.7. The minimum atomic E-state index is -0.429. The predicted octanol–water partition coefficient (Wildman–Crippen LogP) is 2.19. The molecule has 1 aromatic carbocycles. The summed E-state index contributed by atoms with van der Waals surface area (Å²) < 4.78 is 10.5. The molecule has 6 heteroatoms. The Morgan fingerprint density at radius 3 is 2.89 bits per heavy atom. The number of nitro groups is 1. The number of hydrogen-bond acceptors (Lipinski definition) is 5. The van der Waals surface area contributed by atoms with Crippen LogP contribution in [-0.2, 0) is 4.74 Å². The van der Waals surface area contributed by atoms with Crippen LogP contribution in [0.2, 0.25) is 0 Å². The predicted molar refractivity (Wildman–Crippen MR) is 67.1 cm³/mol. The topological polar surface area (TPSA) is 73.6 Å². The minimum absolute atomic E-state index is 0.0286. The van der Waals surface area contributed by atoms with Crippen molar-refractivity contribution >= 4 is 11.4 Å². The van der Waals surface area contributed by atoms with Crippen LogP contribution in [0, 0.1) is 10.1 Å². The van der Waals surface area contributed by atoms with E-state index in [9.17, 15) is 10.1 Å². The Kier molecular flexibility index (Phi) is 3.66. The zero-order valence-electron chi connectivity index (χ0n) is 10.4. The van der Waals surface area contributed by atoms with Gasteiger partial charge in [-0.25, -0.2) is 0 Å². The van der Waals surface area contributed by atoms with Gasteiger partial charge < -0.3 is 14.8 Å². The molecule has 1 fully saturated rings. The first kappa shape index (κ1) is 12.6. The summed E-state index contributed by atoms with van der Waals surface area (Å²) in [6, 6.07) is 5.09. The summed E-state index contributed by atoms with van der Waals surface area (Å²) in [5.41, 5.74) is 0.445. The van der Waals surface area contributed by atoms with Crippen LogP contribution in [-0.4, -0.2) is 30.8 Å². The van der Waals surface area contributed by atoms with Crippen molar-refractivity contribution in [3.63, 3.8) is 0 Å². The van der Waals surface area contributed by atoms with Gasteiger partial charge in [-0.1, -0.05) is 6.07 Å². The summed E-state index contributed by atoms with van der Waals surface area (Å²) in [6.45, 7) is 2.63. The van der Waals surface area contributed by atoms with E-state index in [1.165, 1.54) is 7.11 Å². The van der Waals surface area contributed by atoms with E-state index in [4.69, 9.17) is 9.47 Å². The Morgan fingerprint density at radius 1 is 1.56 bits per heavy atom. The highest BCUT2D eigenvalue weighted by molar-refractivity contribution is 5.68. The van der Waals surface area contributed by atoms with Gasteiger partial charge in [0.05, 0.1) is 24.2 Å². The Balaban J connectivity index is 2.29. The third-order valence-electron chi connectivity index (χ3n) is 3.12. The molecule has 0 radical (unpaired) electrons. The van der Waals surface area contributed by atoms with Gasteiger partial charge in [0.2, 0.25) is 0 Å².